The van der Waals surface area contributed by atoms with E-state index in [-0.39, 0.29) is 24.5 Å². The molecule has 1 saturated heterocycles. The van der Waals surface area contributed by atoms with Gasteiger partial charge in [0.2, 0.25) is 5.91 Å². The van der Waals surface area contributed by atoms with Crippen molar-refractivity contribution < 1.29 is 19.1 Å². The third kappa shape index (κ3) is 7.00. The second-order valence-corrected chi connectivity index (χ2v) is 7.04. The Hall–Kier alpha value is -2.70. The fourth-order valence-electron chi connectivity index (χ4n) is 3.16. The first-order chi connectivity index (χ1) is 14.2. The molecule has 1 heterocycles. The number of hydrogen-bond acceptors (Lipinski definition) is 4. The van der Waals surface area contributed by atoms with Gasteiger partial charge in [0.05, 0.1) is 19.3 Å². The van der Waals surface area contributed by atoms with Gasteiger partial charge in [-0.2, -0.15) is 0 Å². The van der Waals surface area contributed by atoms with Gasteiger partial charge in [0.15, 0.2) is 0 Å². The van der Waals surface area contributed by atoms with Crippen molar-refractivity contribution in [3.63, 3.8) is 0 Å². The third-order valence-electron chi connectivity index (χ3n) is 4.78. The summed E-state index contributed by atoms with van der Waals surface area (Å²) < 4.78 is 11.0. The number of hydrogen-bond donors (Lipinski definition) is 2. The third-order valence-corrected chi connectivity index (χ3v) is 4.78. The summed E-state index contributed by atoms with van der Waals surface area (Å²) in [6.07, 6.45) is 3.12. The molecule has 6 heteroatoms. The van der Waals surface area contributed by atoms with Gasteiger partial charge in [-0.1, -0.05) is 42.5 Å². The van der Waals surface area contributed by atoms with Crippen molar-refractivity contribution in [2.45, 2.75) is 25.4 Å². The van der Waals surface area contributed by atoms with Gasteiger partial charge in [0.25, 0.3) is 5.91 Å². The van der Waals surface area contributed by atoms with Crippen molar-refractivity contribution in [3.05, 3.63) is 60.2 Å². The molecule has 2 aromatic carbocycles. The predicted octanol–water partition coefficient (Wildman–Crippen LogP) is 2.79. The molecule has 1 fully saturated rings. The van der Waals surface area contributed by atoms with Crippen molar-refractivity contribution in [1.82, 2.24) is 10.6 Å². The summed E-state index contributed by atoms with van der Waals surface area (Å²) in [5.41, 5.74) is 2.67. The second-order valence-electron chi connectivity index (χ2n) is 7.04. The SMILES string of the molecule is O=C(CNC(=O)c1ccc(-c2ccccc2)cc1)NCCCOCC1CCCO1. The van der Waals surface area contributed by atoms with E-state index in [1.807, 2.05) is 42.5 Å². The zero-order chi connectivity index (χ0) is 20.3. The average molecular weight is 396 g/mol. The minimum atomic E-state index is -0.264. The van der Waals surface area contributed by atoms with Crippen LogP contribution in [0.25, 0.3) is 11.1 Å². The van der Waals surface area contributed by atoms with Gasteiger partial charge in [0, 0.05) is 25.3 Å². The molecule has 0 spiro atoms. The monoisotopic (exact) mass is 396 g/mol. The Morgan fingerprint density at radius 2 is 1.76 bits per heavy atom. The predicted molar refractivity (Wildman–Crippen MR) is 112 cm³/mol. The second kappa shape index (κ2) is 11.3. The smallest absolute Gasteiger partial charge is 0.251 e. The van der Waals surface area contributed by atoms with Gasteiger partial charge in [0.1, 0.15) is 0 Å². The van der Waals surface area contributed by atoms with Crippen LogP contribution in [0.1, 0.15) is 29.6 Å². The Morgan fingerprint density at radius 1 is 1.00 bits per heavy atom. The lowest BCUT2D eigenvalue weighted by molar-refractivity contribution is -0.120. The minimum absolute atomic E-state index is 0.0456. The molecular weight excluding hydrogens is 368 g/mol. The van der Waals surface area contributed by atoms with Gasteiger partial charge >= 0.3 is 0 Å². The first-order valence-electron chi connectivity index (χ1n) is 10.1. The highest BCUT2D eigenvalue weighted by atomic mass is 16.5. The van der Waals surface area contributed by atoms with Crippen LogP contribution < -0.4 is 10.6 Å². The molecule has 1 aliphatic heterocycles. The first kappa shape index (κ1) is 21.0. The van der Waals surface area contributed by atoms with Crippen LogP contribution in [0.2, 0.25) is 0 Å². The molecule has 3 rings (SSSR count). The lowest BCUT2D eigenvalue weighted by Crippen LogP contribution is -2.37. The molecule has 0 aromatic heterocycles. The van der Waals surface area contributed by atoms with Crippen LogP contribution in [0.15, 0.2) is 54.6 Å². The topological polar surface area (TPSA) is 76.7 Å². The van der Waals surface area contributed by atoms with Crippen molar-refractivity contribution in [2.24, 2.45) is 0 Å². The van der Waals surface area contributed by atoms with E-state index in [0.717, 1.165) is 37.0 Å². The van der Waals surface area contributed by atoms with E-state index in [9.17, 15) is 9.59 Å². The van der Waals surface area contributed by atoms with Crippen LogP contribution in [0, 0.1) is 0 Å². The first-order valence-corrected chi connectivity index (χ1v) is 10.1. The van der Waals surface area contributed by atoms with Crippen LogP contribution >= 0.6 is 0 Å². The lowest BCUT2D eigenvalue weighted by Gasteiger charge is -2.10. The molecule has 0 radical (unpaired) electrons. The highest BCUT2D eigenvalue weighted by Gasteiger charge is 2.15. The maximum Gasteiger partial charge on any atom is 0.251 e. The summed E-state index contributed by atoms with van der Waals surface area (Å²) in [6, 6.07) is 17.3. The van der Waals surface area contributed by atoms with E-state index in [4.69, 9.17) is 9.47 Å². The maximum atomic E-state index is 12.2. The molecule has 29 heavy (non-hydrogen) atoms. The Balaban J connectivity index is 1.30. The van der Waals surface area contributed by atoms with Crippen molar-refractivity contribution >= 4 is 11.8 Å². The van der Waals surface area contributed by atoms with Crippen molar-refractivity contribution in [3.8, 4) is 11.1 Å². The molecule has 2 aromatic rings. The number of nitrogens with one attached hydrogen (secondary N) is 2. The highest BCUT2D eigenvalue weighted by Crippen LogP contribution is 2.19. The number of carbonyl (C=O) groups is 2. The molecule has 1 unspecified atom stereocenters. The summed E-state index contributed by atoms with van der Waals surface area (Å²) in [4.78, 5) is 24.1. The van der Waals surface area contributed by atoms with E-state index in [1.54, 1.807) is 12.1 Å². The standard InChI is InChI=1S/C23H28N2O4/c26-22(24-13-5-14-28-17-21-8-4-15-29-21)16-25-23(27)20-11-9-19(10-12-20)18-6-2-1-3-7-18/h1-3,6-7,9-12,21H,4-5,8,13-17H2,(H,24,26)(H,25,27). The molecule has 0 saturated carbocycles. The number of benzene rings is 2. The summed E-state index contributed by atoms with van der Waals surface area (Å²) in [6.45, 7) is 2.50. The van der Waals surface area contributed by atoms with Crippen LogP contribution in [0.4, 0.5) is 0 Å². The maximum absolute atomic E-state index is 12.2. The normalized spacial score (nSPS) is 15.8. The number of amides is 2. The van der Waals surface area contributed by atoms with E-state index in [0.29, 0.717) is 25.3 Å². The van der Waals surface area contributed by atoms with Crippen LogP contribution in [-0.4, -0.2) is 50.8 Å². The van der Waals surface area contributed by atoms with Crippen LogP contribution in [0.5, 0.6) is 0 Å². The van der Waals surface area contributed by atoms with Crippen LogP contribution in [0.3, 0.4) is 0 Å². The zero-order valence-corrected chi connectivity index (χ0v) is 16.6. The Bertz CT molecular complexity index is 771. The van der Waals surface area contributed by atoms with Crippen molar-refractivity contribution in [2.75, 3.05) is 32.9 Å². The molecule has 1 atom stereocenters. The van der Waals surface area contributed by atoms with E-state index in [1.165, 1.54) is 0 Å². The summed E-state index contributed by atoms with van der Waals surface area (Å²) in [7, 11) is 0. The zero-order valence-electron chi connectivity index (χ0n) is 16.6. The molecule has 154 valence electrons. The summed E-state index contributed by atoms with van der Waals surface area (Å²) >= 11 is 0. The summed E-state index contributed by atoms with van der Waals surface area (Å²) in [5.74, 6) is -0.474. The molecule has 6 nitrogen and oxygen atoms in total. The van der Waals surface area contributed by atoms with E-state index < -0.39 is 0 Å². The fraction of sp³-hybridized carbons (Fsp3) is 0.391. The quantitative estimate of drug-likeness (QED) is 0.606. The molecule has 2 N–H and O–H groups in total. The van der Waals surface area contributed by atoms with Crippen molar-refractivity contribution in [1.29, 1.82) is 0 Å². The molecule has 1 aliphatic rings. The summed E-state index contributed by atoms with van der Waals surface area (Å²) in [5, 5.41) is 5.43. The molecule has 0 bridgehead atoms. The average Bonchev–Trinajstić information content (AvgIpc) is 3.29. The largest absolute Gasteiger partial charge is 0.379 e. The molecular formula is C23H28N2O4. The lowest BCUT2D eigenvalue weighted by atomic mass is 10.0. The molecule has 0 aliphatic carbocycles. The van der Waals surface area contributed by atoms with Gasteiger partial charge in [-0.25, -0.2) is 0 Å². The van der Waals surface area contributed by atoms with Gasteiger partial charge in [-0.05, 0) is 42.5 Å². The Labute approximate surface area is 171 Å². The number of carbonyl (C=O) groups excluding carboxylic acids is 2. The number of ether oxygens (including phenoxy) is 2. The number of rotatable bonds is 10. The fourth-order valence-corrected chi connectivity index (χ4v) is 3.16. The Kier molecular flexibility index (Phi) is 8.22. The van der Waals surface area contributed by atoms with E-state index >= 15 is 0 Å². The van der Waals surface area contributed by atoms with Gasteiger partial charge in [-0.3, -0.25) is 9.59 Å². The minimum Gasteiger partial charge on any atom is -0.379 e. The van der Waals surface area contributed by atoms with Gasteiger partial charge in [-0.15, -0.1) is 0 Å². The van der Waals surface area contributed by atoms with Crippen LogP contribution in [-0.2, 0) is 14.3 Å². The molecule has 2 amide bonds. The van der Waals surface area contributed by atoms with E-state index in [2.05, 4.69) is 10.6 Å². The highest BCUT2D eigenvalue weighted by molar-refractivity contribution is 5.96. The Morgan fingerprint density at radius 3 is 2.48 bits per heavy atom. The van der Waals surface area contributed by atoms with Gasteiger partial charge < -0.3 is 20.1 Å².